The van der Waals surface area contributed by atoms with Crippen molar-refractivity contribution in [2.75, 3.05) is 23.3 Å². The summed E-state index contributed by atoms with van der Waals surface area (Å²) in [5.41, 5.74) is 9.70. The number of amides is 3. The van der Waals surface area contributed by atoms with Gasteiger partial charge in [-0.05, 0) is 112 Å². The van der Waals surface area contributed by atoms with Crippen LogP contribution in [-0.2, 0) is 21.5 Å². The number of fused-ring (bicyclic) bond motifs is 1. The number of rotatable bonds is 13. The molecule has 7 rings (SSSR count). The fraction of sp³-hybridized carbons (Fsp3) is 0.390. The van der Waals surface area contributed by atoms with Crippen LogP contribution in [0, 0.1) is 32.1 Å². The number of anilines is 3. The Balaban J connectivity index is 0.964. The second-order valence-corrected chi connectivity index (χ2v) is 14.2. The second kappa shape index (κ2) is 14.1. The largest absolute Gasteiger partial charge is 0.385 e. The van der Waals surface area contributed by atoms with Crippen molar-refractivity contribution < 1.29 is 18.9 Å². The first-order chi connectivity index (χ1) is 24.7. The molecule has 0 bridgehead atoms. The number of nitrogens with zero attached hydrogens (tertiary/aromatic N) is 4. The average Bonchev–Trinajstić information content (AvgIpc) is 3.77. The molecule has 10 nitrogen and oxygen atoms in total. The molecule has 2 aliphatic heterocycles. The summed E-state index contributed by atoms with van der Waals surface area (Å²) in [4.78, 5) is 41.0. The minimum atomic E-state index is -0.609. The van der Waals surface area contributed by atoms with Crippen LogP contribution in [0.15, 0.2) is 65.2 Å². The Hall–Kier alpha value is -5.43. The van der Waals surface area contributed by atoms with E-state index in [0.717, 1.165) is 102 Å². The van der Waals surface area contributed by atoms with Gasteiger partial charge < -0.3 is 19.6 Å². The summed E-state index contributed by atoms with van der Waals surface area (Å²) in [7, 11) is 0. The molecule has 262 valence electrons. The van der Waals surface area contributed by atoms with Gasteiger partial charge in [0.1, 0.15) is 11.8 Å². The van der Waals surface area contributed by atoms with E-state index in [2.05, 4.69) is 76.1 Å². The predicted molar refractivity (Wildman–Crippen MR) is 196 cm³/mol. The number of nitriles is 1. The van der Waals surface area contributed by atoms with Gasteiger partial charge in [-0.25, -0.2) is 0 Å². The molecule has 51 heavy (non-hydrogen) atoms. The number of unbranched alkanes of at least 4 members (excludes halogenated alkanes) is 3. The van der Waals surface area contributed by atoms with Gasteiger partial charge in [0, 0.05) is 54.2 Å². The molecule has 3 amide bonds. The molecule has 3 aromatic carbocycles. The molecule has 2 N–H and O–H groups in total. The van der Waals surface area contributed by atoms with Crippen molar-refractivity contribution >= 4 is 34.8 Å². The Morgan fingerprint density at radius 3 is 2.49 bits per heavy atom. The molecule has 1 saturated carbocycles. The topological polar surface area (TPSA) is 132 Å². The van der Waals surface area contributed by atoms with Crippen LogP contribution in [0.5, 0.6) is 0 Å². The smallest absolute Gasteiger partial charge is 0.255 e. The number of hydrogen-bond acceptors (Lipinski definition) is 8. The molecule has 10 heteroatoms. The van der Waals surface area contributed by atoms with Gasteiger partial charge in [-0.15, -0.1) is 0 Å². The highest BCUT2D eigenvalue weighted by Gasteiger charge is 2.44. The lowest BCUT2D eigenvalue weighted by Gasteiger charge is -2.29. The van der Waals surface area contributed by atoms with Crippen LogP contribution in [0.25, 0.3) is 11.1 Å². The number of carbonyl (C=O) groups is 3. The first kappa shape index (κ1) is 34.0. The lowest BCUT2D eigenvalue weighted by atomic mass is 9.97. The number of nitrogens with one attached hydrogen (secondary N) is 2. The van der Waals surface area contributed by atoms with Crippen LogP contribution in [0.4, 0.5) is 17.1 Å². The molecule has 1 saturated heterocycles. The Kier molecular flexibility index (Phi) is 9.38. The maximum Gasteiger partial charge on any atom is 0.255 e. The minimum Gasteiger partial charge on any atom is -0.385 e. The summed E-state index contributed by atoms with van der Waals surface area (Å²) in [5.74, 6) is -0.0295. The van der Waals surface area contributed by atoms with Crippen LogP contribution in [0.3, 0.4) is 0 Å². The summed E-state index contributed by atoms with van der Waals surface area (Å²) >= 11 is 0. The van der Waals surface area contributed by atoms with Gasteiger partial charge in [-0.1, -0.05) is 42.3 Å². The quantitative estimate of drug-likeness (QED) is 0.110. The minimum absolute atomic E-state index is 0.157. The van der Waals surface area contributed by atoms with Crippen LogP contribution < -0.4 is 15.5 Å². The summed E-state index contributed by atoms with van der Waals surface area (Å²) < 4.78 is 5.49. The van der Waals surface area contributed by atoms with Gasteiger partial charge in [0.05, 0.1) is 17.2 Å². The van der Waals surface area contributed by atoms with Crippen molar-refractivity contribution in [1.29, 1.82) is 5.26 Å². The molecule has 3 aliphatic rings. The molecule has 0 radical (unpaired) electrons. The van der Waals surface area contributed by atoms with Crippen molar-refractivity contribution in [2.45, 2.75) is 90.1 Å². The number of hydrogen-bond donors (Lipinski definition) is 2. The molecule has 1 aromatic heterocycles. The van der Waals surface area contributed by atoms with Gasteiger partial charge in [-0.2, -0.15) is 5.26 Å². The van der Waals surface area contributed by atoms with Crippen LogP contribution >= 0.6 is 0 Å². The standard InChI is InChI=1S/C41H44N6O4/c1-26-8-9-29(38-27(2)45-51-28(38)3)23-36(26)46(33-13-10-31(11-14-33)41(25-42)18-19-41)21-7-5-4-6-20-43-32-12-15-34-30(22-32)24-47(40(34)50)35-16-17-37(48)44-39(35)49/h8-15,22-23,35,43H,4-7,16-21,24H2,1-3H3,(H,44,48,49). The zero-order valence-electron chi connectivity index (χ0n) is 29.6. The summed E-state index contributed by atoms with van der Waals surface area (Å²) in [6.45, 7) is 8.11. The van der Waals surface area contributed by atoms with Gasteiger partial charge >= 0.3 is 0 Å². The van der Waals surface area contributed by atoms with Crippen LogP contribution in [-0.4, -0.2) is 46.9 Å². The third kappa shape index (κ3) is 6.85. The van der Waals surface area contributed by atoms with Gasteiger partial charge in [0.25, 0.3) is 5.91 Å². The van der Waals surface area contributed by atoms with Crippen LogP contribution in [0.2, 0.25) is 0 Å². The monoisotopic (exact) mass is 684 g/mol. The van der Waals surface area contributed by atoms with E-state index in [1.54, 1.807) is 4.90 Å². The molecule has 1 atom stereocenters. The molecule has 3 heterocycles. The van der Waals surface area contributed by atoms with Crippen molar-refractivity contribution in [3.8, 4) is 17.2 Å². The van der Waals surface area contributed by atoms with Crippen LogP contribution in [0.1, 0.15) is 89.9 Å². The molecule has 1 aliphatic carbocycles. The van der Waals surface area contributed by atoms with Gasteiger partial charge in [0.2, 0.25) is 11.8 Å². The van der Waals surface area contributed by atoms with E-state index in [-0.39, 0.29) is 23.7 Å². The number of aryl methyl sites for hydroxylation is 3. The first-order valence-corrected chi connectivity index (χ1v) is 18.0. The van der Waals surface area contributed by atoms with E-state index in [0.29, 0.717) is 18.5 Å². The van der Waals surface area contributed by atoms with E-state index >= 15 is 0 Å². The number of benzene rings is 3. The third-order valence-electron chi connectivity index (χ3n) is 10.7. The molecular formula is C41H44N6O4. The van der Waals surface area contributed by atoms with E-state index in [4.69, 9.17) is 4.52 Å². The zero-order chi connectivity index (χ0) is 35.7. The van der Waals surface area contributed by atoms with E-state index in [1.807, 2.05) is 32.0 Å². The summed E-state index contributed by atoms with van der Waals surface area (Å²) in [6, 6.07) is 22.8. The second-order valence-electron chi connectivity index (χ2n) is 14.2. The van der Waals surface area contributed by atoms with Gasteiger partial charge in [0.15, 0.2) is 0 Å². The van der Waals surface area contributed by atoms with Crippen molar-refractivity contribution in [1.82, 2.24) is 15.4 Å². The number of piperidine rings is 1. The maximum atomic E-state index is 13.0. The lowest BCUT2D eigenvalue weighted by Crippen LogP contribution is -2.52. The normalized spacial score (nSPS) is 17.6. The van der Waals surface area contributed by atoms with E-state index in [9.17, 15) is 19.6 Å². The van der Waals surface area contributed by atoms with E-state index in [1.165, 1.54) is 5.56 Å². The Labute approximate surface area is 298 Å². The highest BCUT2D eigenvalue weighted by Crippen LogP contribution is 2.48. The fourth-order valence-electron chi connectivity index (χ4n) is 7.56. The predicted octanol–water partition coefficient (Wildman–Crippen LogP) is 7.39. The summed E-state index contributed by atoms with van der Waals surface area (Å²) in [6.07, 6.45) is 6.60. The van der Waals surface area contributed by atoms with E-state index < -0.39 is 11.9 Å². The fourth-order valence-corrected chi connectivity index (χ4v) is 7.56. The number of imide groups is 1. The summed E-state index contributed by atoms with van der Waals surface area (Å²) in [5, 5.41) is 19.8. The van der Waals surface area contributed by atoms with Gasteiger partial charge in [-0.3, -0.25) is 19.7 Å². The first-order valence-electron chi connectivity index (χ1n) is 18.0. The highest BCUT2D eigenvalue weighted by atomic mass is 16.5. The Morgan fingerprint density at radius 1 is 1.00 bits per heavy atom. The van der Waals surface area contributed by atoms with Crippen molar-refractivity contribution in [3.63, 3.8) is 0 Å². The molecule has 2 fully saturated rings. The number of carbonyl (C=O) groups excluding carboxylic acids is 3. The SMILES string of the molecule is Cc1ccc(-c2c(C)noc2C)cc1N(CCCCCCNc1ccc2c(c1)CN(C1CCC(=O)NC1=O)C2=O)c1ccc(C2(C#N)CC2)cc1. The average molecular weight is 685 g/mol. The molecule has 1 unspecified atom stereocenters. The Bertz CT molecular complexity index is 2000. The van der Waals surface area contributed by atoms with Crippen molar-refractivity contribution in [2.24, 2.45) is 0 Å². The molecular weight excluding hydrogens is 640 g/mol. The zero-order valence-corrected chi connectivity index (χ0v) is 29.6. The van der Waals surface area contributed by atoms with Crippen molar-refractivity contribution in [3.05, 3.63) is 94.4 Å². The Morgan fingerprint density at radius 2 is 1.78 bits per heavy atom. The third-order valence-corrected chi connectivity index (χ3v) is 10.7. The molecule has 4 aromatic rings. The number of aromatic nitrogens is 1. The lowest BCUT2D eigenvalue weighted by molar-refractivity contribution is -0.136. The molecule has 0 spiro atoms. The maximum absolute atomic E-state index is 13.0. The highest BCUT2D eigenvalue weighted by molar-refractivity contribution is 6.05.